The van der Waals surface area contributed by atoms with Crippen molar-refractivity contribution in [2.75, 3.05) is 13.2 Å². The molecule has 2 fully saturated rings. The van der Waals surface area contributed by atoms with Crippen molar-refractivity contribution in [3.8, 4) is 0 Å². The van der Waals surface area contributed by atoms with Gasteiger partial charge in [-0.2, -0.15) is 0 Å². The average Bonchev–Trinajstić information content (AvgIpc) is 2.95. The van der Waals surface area contributed by atoms with Crippen LogP contribution in [0.1, 0.15) is 96.8 Å². The van der Waals surface area contributed by atoms with E-state index in [9.17, 15) is 40.5 Å². The van der Waals surface area contributed by atoms with E-state index < -0.39 is 80.6 Å². The number of aliphatic hydroxyl groups excluding tert-OH is 7. The van der Waals surface area contributed by atoms with Crippen molar-refractivity contribution in [2.24, 2.45) is 0 Å². The van der Waals surface area contributed by atoms with Crippen molar-refractivity contribution in [3.05, 3.63) is 0 Å². The van der Waals surface area contributed by atoms with Crippen LogP contribution in [-0.2, 0) is 23.7 Å². The van der Waals surface area contributed by atoms with Crippen LogP contribution >= 0.6 is 0 Å². The Labute approximate surface area is 237 Å². The second-order valence-corrected chi connectivity index (χ2v) is 11.0. The van der Waals surface area contributed by atoms with Gasteiger partial charge in [0.2, 0.25) is 0 Å². The highest BCUT2D eigenvalue weighted by Crippen LogP contribution is 2.28. The van der Waals surface area contributed by atoms with Gasteiger partial charge in [-0.05, 0) is 6.42 Å². The maximum absolute atomic E-state index is 12.2. The van der Waals surface area contributed by atoms with Gasteiger partial charge in [-0.15, -0.1) is 0 Å². The Morgan fingerprint density at radius 1 is 0.600 bits per heavy atom. The molecule has 2 saturated heterocycles. The highest BCUT2D eigenvalue weighted by molar-refractivity contribution is 5.69. The second kappa shape index (κ2) is 19.3. The van der Waals surface area contributed by atoms with Gasteiger partial charge in [0.1, 0.15) is 55.4 Å². The lowest BCUT2D eigenvalue weighted by Crippen LogP contribution is -2.63. The molecule has 12 heteroatoms. The minimum absolute atomic E-state index is 0.205. The number of hydrogen-bond acceptors (Lipinski definition) is 12. The molecule has 40 heavy (non-hydrogen) atoms. The Bertz CT molecular complexity index is 680. The lowest BCUT2D eigenvalue weighted by atomic mass is 9.98. The van der Waals surface area contributed by atoms with Crippen molar-refractivity contribution in [3.63, 3.8) is 0 Å². The minimum atomic E-state index is -1.76. The van der Waals surface area contributed by atoms with E-state index in [4.69, 9.17) is 18.9 Å². The predicted octanol–water partition coefficient (Wildman–Crippen LogP) is 0.635. The summed E-state index contributed by atoms with van der Waals surface area (Å²) >= 11 is 0. The number of esters is 1. The van der Waals surface area contributed by atoms with Crippen LogP contribution in [0.2, 0.25) is 0 Å². The Morgan fingerprint density at radius 3 is 1.50 bits per heavy atom. The summed E-state index contributed by atoms with van der Waals surface area (Å²) in [6.45, 7) is 1.14. The van der Waals surface area contributed by atoms with E-state index in [0.717, 1.165) is 19.3 Å². The van der Waals surface area contributed by atoms with Crippen LogP contribution in [-0.4, -0.2) is 116 Å². The van der Waals surface area contributed by atoms with Crippen LogP contribution in [0.15, 0.2) is 0 Å². The third kappa shape index (κ3) is 11.4. The van der Waals surface area contributed by atoms with Crippen molar-refractivity contribution >= 4 is 5.97 Å². The molecule has 0 saturated carbocycles. The maximum atomic E-state index is 12.2. The molecular formula is C28H52O12. The zero-order chi connectivity index (χ0) is 29.5. The summed E-state index contributed by atoms with van der Waals surface area (Å²) < 4.78 is 21.3. The number of aliphatic hydroxyl groups is 7. The summed E-state index contributed by atoms with van der Waals surface area (Å²) in [5.74, 6) is -0.481. The first-order valence-electron chi connectivity index (χ1n) is 15.0. The number of ether oxygens (including phenoxy) is 4. The first kappa shape index (κ1) is 35.3. The average molecular weight is 581 g/mol. The van der Waals surface area contributed by atoms with Gasteiger partial charge in [-0.3, -0.25) is 4.79 Å². The van der Waals surface area contributed by atoms with Crippen molar-refractivity contribution in [2.45, 2.75) is 158 Å². The molecule has 0 unspecified atom stereocenters. The fourth-order valence-electron chi connectivity index (χ4n) is 5.01. The Balaban J connectivity index is 1.64. The monoisotopic (exact) mass is 580 g/mol. The highest BCUT2D eigenvalue weighted by atomic mass is 16.8. The molecule has 2 rings (SSSR count). The zero-order valence-electron chi connectivity index (χ0n) is 23.8. The van der Waals surface area contributed by atoms with E-state index in [1.54, 1.807) is 0 Å². The van der Waals surface area contributed by atoms with Crippen LogP contribution < -0.4 is 0 Å². The van der Waals surface area contributed by atoms with Crippen molar-refractivity contribution in [1.82, 2.24) is 0 Å². The van der Waals surface area contributed by atoms with Gasteiger partial charge < -0.3 is 54.7 Å². The largest absolute Gasteiger partial charge is 0.463 e. The standard InChI is InChI=1S/C28H52O12/c1-2-3-4-5-6-7-8-9-10-11-12-13-14-15-20(30)37-17-19-22(32)24(34)26(36)28(39-19)40-27-25(35)23(33)21(31)18(16-29)38-27/h18-19,21-29,31-36H,2-17H2,1H3/t18-,19-,21-,22-,23+,24+,25-,26+,27+,28-/m1/s1. The quantitative estimate of drug-likeness (QED) is 0.0833. The van der Waals surface area contributed by atoms with Crippen LogP contribution in [0.5, 0.6) is 0 Å². The van der Waals surface area contributed by atoms with Gasteiger partial charge in [-0.25, -0.2) is 0 Å². The molecule has 12 nitrogen and oxygen atoms in total. The Kier molecular flexibility index (Phi) is 17.0. The third-order valence-electron chi connectivity index (χ3n) is 7.68. The van der Waals surface area contributed by atoms with E-state index in [1.807, 2.05) is 0 Å². The number of hydrogen-bond donors (Lipinski definition) is 7. The number of unbranched alkanes of at least 4 members (excludes halogenated alkanes) is 12. The molecule has 0 spiro atoms. The van der Waals surface area contributed by atoms with E-state index in [0.29, 0.717) is 6.42 Å². The molecule has 2 heterocycles. The van der Waals surface area contributed by atoms with Gasteiger partial charge in [0.25, 0.3) is 0 Å². The van der Waals surface area contributed by atoms with Gasteiger partial charge >= 0.3 is 5.97 Å². The van der Waals surface area contributed by atoms with E-state index >= 15 is 0 Å². The first-order valence-corrected chi connectivity index (χ1v) is 15.0. The SMILES string of the molecule is CCCCCCCCCCCCCCCC(=O)OC[C@H]1O[C@H](O[C@@H]2O[C@H](CO)[C@@H](O)[C@H](O)[C@H]2O)[C@@H](O)[C@@H](O)[C@@H]1O. The fraction of sp³-hybridized carbons (Fsp3) is 0.964. The van der Waals surface area contributed by atoms with Crippen LogP contribution in [0.4, 0.5) is 0 Å². The lowest BCUT2D eigenvalue weighted by Gasteiger charge is -2.44. The molecule has 10 atom stereocenters. The molecule has 2 aliphatic heterocycles. The zero-order valence-corrected chi connectivity index (χ0v) is 23.8. The Hall–Kier alpha value is -0.930. The molecular weight excluding hydrogens is 528 g/mol. The van der Waals surface area contributed by atoms with Crippen molar-refractivity contribution < 1.29 is 59.5 Å². The minimum Gasteiger partial charge on any atom is -0.463 e. The maximum Gasteiger partial charge on any atom is 0.305 e. The summed E-state index contributed by atoms with van der Waals surface area (Å²) in [7, 11) is 0. The summed E-state index contributed by atoms with van der Waals surface area (Å²) in [4.78, 5) is 12.2. The topological polar surface area (TPSA) is 196 Å². The van der Waals surface area contributed by atoms with E-state index in [-0.39, 0.29) is 6.42 Å². The summed E-state index contributed by atoms with van der Waals surface area (Å²) in [6, 6.07) is 0. The number of rotatable bonds is 19. The van der Waals surface area contributed by atoms with E-state index in [1.165, 1.54) is 57.8 Å². The molecule has 236 valence electrons. The second-order valence-electron chi connectivity index (χ2n) is 11.0. The van der Waals surface area contributed by atoms with Gasteiger partial charge in [0.15, 0.2) is 12.6 Å². The molecule has 2 aliphatic rings. The normalized spacial score (nSPS) is 34.6. The predicted molar refractivity (Wildman–Crippen MR) is 143 cm³/mol. The van der Waals surface area contributed by atoms with Gasteiger partial charge in [0.05, 0.1) is 6.61 Å². The molecule has 0 aromatic carbocycles. The lowest BCUT2D eigenvalue weighted by molar-refractivity contribution is -0.376. The molecule has 0 aliphatic carbocycles. The van der Waals surface area contributed by atoms with Gasteiger partial charge in [-0.1, -0.05) is 84.0 Å². The molecule has 0 bridgehead atoms. The van der Waals surface area contributed by atoms with Crippen LogP contribution in [0.3, 0.4) is 0 Å². The third-order valence-corrected chi connectivity index (χ3v) is 7.68. The van der Waals surface area contributed by atoms with Crippen molar-refractivity contribution in [1.29, 1.82) is 0 Å². The molecule has 0 amide bonds. The van der Waals surface area contributed by atoms with E-state index in [2.05, 4.69) is 6.92 Å². The number of carbonyl (C=O) groups is 1. The van der Waals surface area contributed by atoms with Crippen LogP contribution in [0, 0.1) is 0 Å². The van der Waals surface area contributed by atoms with Gasteiger partial charge in [0, 0.05) is 6.42 Å². The molecule has 0 radical (unpaired) electrons. The summed E-state index contributed by atoms with van der Waals surface area (Å²) in [6.07, 6.45) is -0.249. The molecule has 7 N–H and O–H groups in total. The number of carbonyl (C=O) groups excluding carboxylic acids is 1. The summed E-state index contributed by atoms with van der Waals surface area (Å²) in [5.41, 5.74) is 0. The van der Waals surface area contributed by atoms with Crippen LogP contribution in [0.25, 0.3) is 0 Å². The molecule has 0 aromatic heterocycles. The highest BCUT2D eigenvalue weighted by Gasteiger charge is 2.49. The fourth-order valence-corrected chi connectivity index (χ4v) is 5.01. The molecule has 0 aromatic rings. The summed E-state index contributed by atoms with van der Waals surface area (Å²) in [5, 5.41) is 70.1. The first-order chi connectivity index (χ1) is 19.2. The Morgan fingerprint density at radius 2 is 1.02 bits per heavy atom. The smallest absolute Gasteiger partial charge is 0.305 e.